The Morgan fingerprint density at radius 3 is 1.96 bits per heavy atom. The Morgan fingerprint density at radius 2 is 1.50 bits per heavy atom. The number of nitrogens with zero attached hydrogens (tertiary/aromatic N) is 1. The Labute approximate surface area is 161 Å². The third-order valence-electron chi connectivity index (χ3n) is 6.16. The fraction of sp³-hybridized carbons (Fsp3) is 0.773. The number of hydrogen-bond acceptors (Lipinski definition) is 2. The number of hydrogen-bond donors (Lipinski definition) is 1. The van der Waals surface area contributed by atoms with Crippen LogP contribution in [0.15, 0.2) is 23.7 Å². The highest BCUT2D eigenvalue weighted by Crippen LogP contribution is 2.62. The van der Waals surface area contributed by atoms with Gasteiger partial charge >= 0.3 is 0 Å². The van der Waals surface area contributed by atoms with E-state index in [4.69, 9.17) is 5.73 Å². The minimum Gasteiger partial charge on any atom is -0.308 e. The van der Waals surface area contributed by atoms with Gasteiger partial charge in [-0.2, -0.15) is 0 Å². The van der Waals surface area contributed by atoms with Crippen LogP contribution in [0.2, 0.25) is 0 Å². The van der Waals surface area contributed by atoms with E-state index in [1.165, 1.54) is 69.6 Å². The van der Waals surface area contributed by atoms with Crippen LogP contribution in [0.5, 0.6) is 0 Å². The predicted octanol–water partition coefficient (Wildman–Crippen LogP) is 5.70. The SMILES string of the molecule is CC(C)(C)C(=O)N1C(P(C2CCCCC2)C2CCCCC2)=CC=CC1N. The zero-order valence-electron chi connectivity index (χ0n) is 16.9. The summed E-state index contributed by atoms with van der Waals surface area (Å²) in [5, 5.41) is 0. The molecule has 2 fully saturated rings. The van der Waals surface area contributed by atoms with Crippen molar-refractivity contribution in [1.29, 1.82) is 0 Å². The van der Waals surface area contributed by atoms with Crippen molar-refractivity contribution in [3.63, 3.8) is 0 Å². The quantitative estimate of drug-likeness (QED) is 0.642. The standard InChI is InChI=1S/C22H37N2OP/c1-22(2,3)21(25)24-19(23)15-10-16-20(24)26(17-11-6-4-7-12-17)18-13-8-5-9-14-18/h10,15-19H,4-9,11-14,23H2,1-3H3. The summed E-state index contributed by atoms with van der Waals surface area (Å²) < 4.78 is 0. The van der Waals surface area contributed by atoms with E-state index >= 15 is 0 Å². The Morgan fingerprint density at radius 1 is 1.00 bits per heavy atom. The first kappa shape index (κ1) is 20.1. The van der Waals surface area contributed by atoms with Crippen molar-refractivity contribution in [2.24, 2.45) is 11.1 Å². The molecule has 0 spiro atoms. The molecule has 0 aromatic rings. The van der Waals surface area contributed by atoms with E-state index in [9.17, 15) is 4.79 Å². The highest BCUT2D eigenvalue weighted by Gasteiger charge is 2.41. The fourth-order valence-corrected chi connectivity index (χ4v) is 8.70. The largest absolute Gasteiger partial charge is 0.308 e. The van der Waals surface area contributed by atoms with Crippen molar-refractivity contribution >= 4 is 13.8 Å². The van der Waals surface area contributed by atoms with Crippen molar-refractivity contribution in [3.05, 3.63) is 23.7 Å². The molecule has 1 amide bonds. The minimum absolute atomic E-state index is 0.180. The van der Waals surface area contributed by atoms with Crippen molar-refractivity contribution in [2.45, 2.75) is 102 Å². The van der Waals surface area contributed by atoms with Crippen LogP contribution in [0.3, 0.4) is 0 Å². The first-order valence-electron chi connectivity index (χ1n) is 10.7. The fourth-order valence-electron chi connectivity index (χ4n) is 4.78. The maximum Gasteiger partial charge on any atom is 0.233 e. The monoisotopic (exact) mass is 376 g/mol. The van der Waals surface area contributed by atoms with Crippen LogP contribution in [0, 0.1) is 5.41 Å². The summed E-state index contributed by atoms with van der Waals surface area (Å²) >= 11 is 0. The lowest BCUT2D eigenvalue weighted by Gasteiger charge is -2.46. The summed E-state index contributed by atoms with van der Waals surface area (Å²) in [6.45, 7) is 6.05. The lowest BCUT2D eigenvalue weighted by Crippen LogP contribution is -2.49. The number of rotatable bonds is 3. The van der Waals surface area contributed by atoms with Gasteiger partial charge in [0.2, 0.25) is 5.91 Å². The molecule has 0 aromatic carbocycles. The molecular weight excluding hydrogens is 339 g/mol. The van der Waals surface area contributed by atoms with Gasteiger partial charge in [-0.1, -0.05) is 73.3 Å². The van der Waals surface area contributed by atoms with Crippen molar-refractivity contribution < 1.29 is 4.79 Å². The summed E-state index contributed by atoms with van der Waals surface area (Å²) in [7, 11) is -0.326. The molecule has 3 rings (SSSR count). The predicted molar refractivity (Wildman–Crippen MR) is 112 cm³/mol. The molecule has 1 heterocycles. The van der Waals surface area contributed by atoms with E-state index in [1.54, 1.807) is 0 Å². The lowest BCUT2D eigenvalue weighted by molar-refractivity contribution is -0.138. The molecule has 26 heavy (non-hydrogen) atoms. The Balaban J connectivity index is 1.94. The van der Waals surface area contributed by atoms with Gasteiger partial charge in [-0.25, -0.2) is 0 Å². The zero-order valence-corrected chi connectivity index (χ0v) is 17.8. The maximum atomic E-state index is 13.3. The molecule has 1 atom stereocenters. The highest BCUT2D eigenvalue weighted by atomic mass is 31.1. The van der Waals surface area contributed by atoms with Crippen molar-refractivity contribution in [3.8, 4) is 0 Å². The first-order chi connectivity index (χ1) is 12.4. The van der Waals surface area contributed by atoms with Crippen LogP contribution in [0.4, 0.5) is 0 Å². The number of amides is 1. The van der Waals surface area contributed by atoms with Crippen molar-refractivity contribution in [1.82, 2.24) is 4.90 Å². The van der Waals surface area contributed by atoms with Gasteiger partial charge < -0.3 is 5.73 Å². The third-order valence-corrected chi connectivity index (χ3v) is 9.66. The molecule has 0 radical (unpaired) electrons. The van der Waals surface area contributed by atoms with Crippen LogP contribution in [0.25, 0.3) is 0 Å². The van der Waals surface area contributed by atoms with Crippen LogP contribution in [-0.4, -0.2) is 28.3 Å². The van der Waals surface area contributed by atoms with Crippen molar-refractivity contribution in [2.75, 3.05) is 0 Å². The molecule has 1 aliphatic heterocycles. The molecule has 2 aliphatic carbocycles. The summed E-state index contributed by atoms with van der Waals surface area (Å²) in [6.07, 6.45) is 19.6. The van der Waals surface area contributed by atoms with Gasteiger partial charge in [-0.15, -0.1) is 0 Å². The average molecular weight is 377 g/mol. The molecule has 2 N–H and O–H groups in total. The van der Waals surface area contributed by atoms with Crippen LogP contribution >= 0.6 is 7.92 Å². The summed E-state index contributed by atoms with van der Waals surface area (Å²) in [5.74, 6) is 0.180. The maximum absolute atomic E-state index is 13.3. The Hall–Kier alpha value is -0.660. The second-order valence-corrected chi connectivity index (χ2v) is 12.0. The Kier molecular flexibility index (Phi) is 6.62. The highest BCUT2D eigenvalue weighted by molar-refractivity contribution is 7.63. The summed E-state index contributed by atoms with van der Waals surface area (Å²) in [4.78, 5) is 15.3. The van der Waals surface area contributed by atoms with Crippen LogP contribution in [0.1, 0.15) is 85.0 Å². The Bertz CT molecular complexity index is 533. The number of carbonyl (C=O) groups is 1. The van der Waals surface area contributed by atoms with E-state index < -0.39 is 5.41 Å². The van der Waals surface area contributed by atoms with Gasteiger partial charge in [0, 0.05) is 10.9 Å². The van der Waals surface area contributed by atoms with Gasteiger partial charge in [0.15, 0.2) is 0 Å². The smallest absolute Gasteiger partial charge is 0.233 e. The van der Waals surface area contributed by atoms with E-state index in [0.29, 0.717) is 0 Å². The second kappa shape index (κ2) is 8.57. The normalized spacial score (nSPS) is 26.3. The molecule has 146 valence electrons. The topological polar surface area (TPSA) is 46.3 Å². The average Bonchev–Trinajstić information content (AvgIpc) is 2.63. The first-order valence-corrected chi connectivity index (χ1v) is 12.1. The van der Waals surface area contributed by atoms with Gasteiger partial charge in [0.05, 0.1) is 0 Å². The lowest BCUT2D eigenvalue weighted by atomic mass is 9.94. The third kappa shape index (κ3) is 4.42. The molecular formula is C22H37N2OP. The zero-order chi connectivity index (χ0) is 18.7. The van der Waals surface area contributed by atoms with Crippen LogP contribution in [-0.2, 0) is 4.79 Å². The van der Waals surface area contributed by atoms with Crippen LogP contribution < -0.4 is 5.73 Å². The van der Waals surface area contributed by atoms with E-state index in [2.05, 4.69) is 12.2 Å². The van der Waals surface area contributed by atoms with Gasteiger partial charge in [-0.3, -0.25) is 9.69 Å². The molecule has 3 aliphatic rings. The van der Waals surface area contributed by atoms with Gasteiger partial charge in [0.1, 0.15) is 6.17 Å². The number of allylic oxidation sites excluding steroid dienone is 2. The second-order valence-electron chi connectivity index (χ2n) is 9.32. The minimum atomic E-state index is -0.401. The molecule has 0 bridgehead atoms. The molecule has 4 heteroatoms. The van der Waals surface area contributed by atoms with Gasteiger partial charge in [0.25, 0.3) is 0 Å². The molecule has 0 saturated heterocycles. The summed E-state index contributed by atoms with van der Waals surface area (Å²) in [6, 6.07) is 0. The summed E-state index contributed by atoms with van der Waals surface area (Å²) in [5.41, 5.74) is 8.90. The number of carbonyl (C=O) groups excluding carboxylic acids is 1. The van der Waals surface area contributed by atoms with E-state index in [0.717, 1.165) is 11.3 Å². The van der Waals surface area contributed by atoms with E-state index in [1.807, 2.05) is 31.7 Å². The number of nitrogens with two attached hydrogens (primary N) is 1. The molecule has 3 nitrogen and oxygen atoms in total. The van der Waals surface area contributed by atoms with E-state index in [-0.39, 0.29) is 20.0 Å². The molecule has 2 saturated carbocycles. The molecule has 0 aromatic heterocycles. The molecule has 1 unspecified atom stereocenters. The van der Waals surface area contributed by atoms with Gasteiger partial charge in [-0.05, 0) is 49.2 Å².